The number of carbonyl (C=O) groups is 1. The van der Waals surface area contributed by atoms with E-state index in [1.54, 1.807) is 7.05 Å². The van der Waals surface area contributed by atoms with Crippen molar-refractivity contribution >= 4 is 27.5 Å². The van der Waals surface area contributed by atoms with Gasteiger partial charge in [0.15, 0.2) is 0 Å². The van der Waals surface area contributed by atoms with Crippen molar-refractivity contribution in [2.75, 3.05) is 32.1 Å². The van der Waals surface area contributed by atoms with Gasteiger partial charge in [-0.25, -0.2) is 0 Å². The predicted molar refractivity (Wildman–Crippen MR) is 83.5 cm³/mol. The minimum Gasteiger partial charge on any atom is -0.365 e. The molecule has 1 amide bonds. The van der Waals surface area contributed by atoms with E-state index < -0.39 is 0 Å². The van der Waals surface area contributed by atoms with Crippen LogP contribution in [0.2, 0.25) is 0 Å². The first-order valence-corrected chi connectivity index (χ1v) is 7.28. The third kappa shape index (κ3) is 5.20. The highest BCUT2D eigenvalue weighted by Gasteiger charge is 2.10. The zero-order chi connectivity index (χ0) is 14.3. The lowest BCUT2D eigenvalue weighted by atomic mass is 10.1. The van der Waals surface area contributed by atoms with E-state index in [2.05, 4.69) is 39.6 Å². The van der Waals surface area contributed by atoms with Gasteiger partial charge in [0.05, 0.1) is 6.54 Å². The van der Waals surface area contributed by atoms with Crippen LogP contribution in [-0.4, -0.2) is 33.1 Å². The third-order valence-electron chi connectivity index (χ3n) is 2.86. The largest absolute Gasteiger partial charge is 0.365 e. The SMILES string of the molecule is CCCNCc1ccc(Br)cc1N(C)CC(=O)NC. The van der Waals surface area contributed by atoms with Crippen molar-refractivity contribution in [2.24, 2.45) is 0 Å². The van der Waals surface area contributed by atoms with Gasteiger partial charge in [0, 0.05) is 30.8 Å². The molecule has 0 spiro atoms. The molecule has 1 rings (SSSR count). The minimum absolute atomic E-state index is 0.00921. The van der Waals surface area contributed by atoms with E-state index in [4.69, 9.17) is 0 Å². The summed E-state index contributed by atoms with van der Waals surface area (Å²) in [4.78, 5) is 13.4. The van der Waals surface area contributed by atoms with Crippen molar-refractivity contribution < 1.29 is 4.79 Å². The third-order valence-corrected chi connectivity index (χ3v) is 3.35. The normalized spacial score (nSPS) is 10.3. The molecule has 0 radical (unpaired) electrons. The number of rotatable bonds is 7. The number of nitrogens with one attached hydrogen (secondary N) is 2. The lowest BCUT2D eigenvalue weighted by Crippen LogP contribution is -2.33. The Balaban J connectivity index is 2.83. The van der Waals surface area contributed by atoms with Gasteiger partial charge >= 0.3 is 0 Å². The second-order valence-electron chi connectivity index (χ2n) is 4.48. The highest BCUT2D eigenvalue weighted by molar-refractivity contribution is 9.10. The van der Waals surface area contributed by atoms with Gasteiger partial charge in [-0.15, -0.1) is 0 Å². The second-order valence-corrected chi connectivity index (χ2v) is 5.39. The van der Waals surface area contributed by atoms with E-state index in [1.807, 2.05) is 24.1 Å². The first-order valence-electron chi connectivity index (χ1n) is 6.49. The van der Waals surface area contributed by atoms with Gasteiger partial charge < -0.3 is 15.5 Å². The molecule has 0 aliphatic heterocycles. The van der Waals surface area contributed by atoms with Crippen LogP contribution in [0.25, 0.3) is 0 Å². The molecule has 0 atom stereocenters. The number of benzene rings is 1. The fraction of sp³-hybridized carbons (Fsp3) is 0.500. The Hall–Kier alpha value is -1.07. The van der Waals surface area contributed by atoms with Crippen LogP contribution >= 0.6 is 15.9 Å². The van der Waals surface area contributed by atoms with Crippen LogP contribution in [0.3, 0.4) is 0 Å². The molecule has 0 unspecified atom stereocenters. The van der Waals surface area contributed by atoms with Crippen LogP contribution in [0.15, 0.2) is 22.7 Å². The van der Waals surface area contributed by atoms with Gasteiger partial charge in [-0.2, -0.15) is 0 Å². The molecular weight excluding hydrogens is 306 g/mol. The van der Waals surface area contributed by atoms with Gasteiger partial charge in [-0.3, -0.25) is 4.79 Å². The van der Waals surface area contributed by atoms with Crippen molar-refractivity contribution in [2.45, 2.75) is 19.9 Å². The topological polar surface area (TPSA) is 44.4 Å². The van der Waals surface area contributed by atoms with Crippen LogP contribution in [0.4, 0.5) is 5.69 Å². The van der Waals surface area contributed by atoms with Crippen molar-refractivity contribution in [3.05, 3.63) is 28.2 Å². The smallest absolute Gasteiger partial charge is 0.239 e. The highest BCUT2D eigenvalue weighted by Crippen LogP contribution is 2.24. The van der Waals surface area contributed by atoms with Gasteiger partial charge in [0.25, 0.3) is 0 Å². The Morgan fingerprint density at radius 1 is 1.42 bits per heavy atom. The second kappa shape index (κ2) is 8.17. The molecule has 0 aliphatic rings. The molecule has 0 saturated carbocycles. The number of halogens is 1. The van der Waals surface area contributed by atoms with E-state index in [1.165, 1.54) is 5.56 Å². The van der Waals surface area contributed by atoms with Crippen LogP contribution in [0.5, 0.6) is 0 Å². The average molecular weight is 328 g/mol. The van der Waals surface area contributed by atoms with Crippen molar-refractivity contribution in [1.29, 1.82) is 0 Å². The summed E-state index contributed by atoms with van der Waals surface area (Å²) in [7, 11) is 3.58. The molecule has 0 aliphatic carbocycles. The number of carbonyl (C=O) groups excluding carboxylic acids is 1. The number of hydrogen-bond acceptors (Lipinski definition) is 3. The van der Waals surface area contributed by atoms with Crippen molar-refractivity contribution in [3.8, 4) is 0 Å². The zero-order valence-corrected chi connectivity index (χ0v) is 13.4. The van der Waals surface area contributed by atoms with E-state index in [9.17, 15) is 4.79 Å². The number of amides is 1. The average Bonchev–Trinajstić information content (AvgIpc) is 2.40. The molecular formula is C14H22BrN3O. The number of likely N-dealkylation sites (N-methyl/N-ethyl adjacent to an activating group) is 2. The summed E-state index contributed by atoms with van der Waals surface area (Å²) >= 11 is 3.48. The summed E-state index contributed by atoms with van der Waals surface area (Å²) in [6.07, 6.45) is 1.11. The molecule has 4 nitrogen and oxygen atoms in total. The van der Waals surface area contributed by atoms with Crippen LogP contribution < -0.4 is 15.5 Å². The first kappa shape index (κ1) is 16.0. The summed E-state index contributed by atoms with van der Waals surface area (Å²) in [6, 6.07) is 6.16. The molecule has 1 aromatic carbocycles. The van der Waals surface area contributed by atoms with Crippen LogP contribution in [-0.2, 0) is 11.3 Å². The maximum absolute atomic E-state index is 11.5. The number of nitrogens with zero attached hydrogens (tertiary/aromatic N) is 1. The number of hydrogen-bond donors (Lipinski definition) is 2. The molecule has 2 N–H and O–H groups in total. The lowest BCUT2D eigenvalue weighted by Gasteiger charge is -2.22. The lowest BCUT2D eigenvalue weighted by molar-refractivity contribution is -0.119. The van der Waals surface area contributed by atoms with Gasteiger partial charge in [0.2, 0.25) is 5.91 Å². The highest BCUT2D eigenvalue weighted by atomic mass is 79.9. The van der Waals surface area contributed by atoms with E-state index in [-0.39, 0.29) is 5.91 Å². The predicted octanol–water partition coefficient (Wildman–Crippen LogP) is 2.13. The fourth-order valence-corrected chi connectivity index (χ4v) is 2.17. The maximum Gasteiger partial charge on any atom is 0.239 e. The maximum atomic E-state index is 11.5. The summed E-state index contributed by atoms with van der Waals surface area (Å²) in [6.45, 7) is 4.31. The molecule has 0 bridgehead atoms. The minimum atomic E-state index is 0.00921. The summed E-state index contributed by atoms with van der Waals surface area (Å²) in [5, 5.41) is 6.03. The molecule has 0 heterocycles. The Labute approximate surface area is 123 Å². The Morgan fingerprint density at radius 3 is 2.79 bits per heavy atom. The Morgan fingerprint density at radius 2 is 2.16 bits per heavy atom. The fourth-order valence-electron chi connectivity index (χ4n) is 1.82. The van der Waals surface area contributed by atoms with Gasteiger partial charge in [0.1, 0.15) is 0 Å². The van der Waals surface area contributed by atoms with Crippen LogP contribution in [0.1, 0.15) is 18.9 Å². The molecule has 0 fully saturated rings. The van der Waals surface area contributed by atoms with Crippen molar-refractivity contribution in [1.82, 2.24) is 10.6 Å². The summed E-state index contributed by atoms with van der Waals surface area (Å²) < 4.78 is 1.02. The van der Waals surface area contributed by atoms with E-state index in [0.29, 0.717) is 6.54 Å². The van der Waals surface area contributed by atoms with E-state index in [0.717, 1.165) is 29.7 Å². The molecule has 19 heavy (non-hydrogen) atoms. The number of anilines is 1. The Bertz CT molecular complexity index is 423. The quantitative estimate of drug-likeness (QED) is 0.754. The molecule has 5 heteroatoms. The van der Waals surface area contributed by atoms with E-state index >= 15 is 0 Å². The Kier molecular flexibility index (Phi) is 6.87. The molecule has 0 aromatic heterocycles. The summed E-state index contributed by atoms with van der Waals surface area (Å²) in [5.41, 5.74) is 2.27. The standard InChI is InChI=1S/C14H22BrN3O/c1-4-7-17-9-11-5-6-12(15)8-13(11)18(3)10-14(19)16-2/h5-6,8,17H,4,7,9-10H2,1-3H3,(H,16,19). The first-order chi connectivity index (χ1) is 9.08. The molecule has 1 aromatic rings. The van der Waals surface area contributed by atoms with Crippen molar-refractivity contribution in [3.63, 3.8) is 0 Å². The van der Waals surface area contributed by atoms with Crippen LogP contribution in [0, 0.1) is 0 Å². The zero-order valence-electron chi connectivity index (χ0n) is 11.8. The van der Waals surface area contributed by atoms with Gasteiger partial charge in [-0.1, -0.05) is 28.9 Å². The van der Waals surface area contributed by atoms with Gasteiger partial charge in [-0.05, 0) is 30.7 Å². The molecule has 0 saturated heterocycles. The molecule has 106 valence electrons. The monoisotopic (exact) mass is 327 g/mol. The summed E-state index contributed by atoms with van der Waals surface area (Å²) in [5.74, 6) is 0.00921.